The monoisotopic (exact) mass is 476 g/mol. The molecule has 4 rings (SSSR count). The molecule has 0 spiro atoms. The number of hydrogen-bond acceptors (Lipinski definition) is 6. The molecule has 0 saturated heterocycles. The molecular weight excluding hydrogens is 454 g/mol. The second kappa shape index (κ2) is 11.2. The van der Waals surface area contributed by atoms with Crippen molar-refractivity contribution in [3.8, 4) is 28.7 Å². The van der Waals surface area contributed by atoms with Gasteiger partial charge in [-0.05, 0) is 24.6 Å². The predicted molar refractivity (Wildman–Crippen MR) is 128 cm³/mol. The van der Waals surface area contributed by atoms with Crippen LogP contribution in [0.3, 0.4) is 0 Å². The van der Waals surface area contributed by atoms with Gasteiger partial charge in [0.15, 0.2) is 17.2 Å². The van der Waals surface area contributed by atoms with Crippen molar-refractivity contribution in [1.82, 2.24) is 25.5 Å². The highest BCUT2D eigenvalue weighted by Crippen LogP contribution is 2.30. The molecule has 4 aromatic rings. The lowest BCUT2D eigenvalue weighted by atomic mass is 10.1. The van der Waals surface area contributed by atoms with Crippen molar-refractivity contribution in [3.05, 3.63) is 82.7 Å². The molecule has 9 nitrogen and oxygen atoms in total. The van der Waals surface area contributed by atoms with Gasteiger partial charge in [-0.15, -0.1) is 5.43 Å². The van der Waals surface area contributed by atoms with Crippen LogP contribution in [-0.4, -0.2) is 32.7 Å². The largest absolute Gasteiger partial charge is 0.356 e. The molecule has 2 aromatic carbocycles. The molecule has 0 saturated carbocycles. The van der Waals surface area contributed by atoms with Gasteiger partial charge in [-0.3, -0.25) is 0 Å². The highest BCUT2D eigenvalue weighted by molar-refractivity contribution is 6.31. The zero-order valence-corrected chi connectivity index (χ0v) is 19.1. The van der Waals surface area contributed by atoms with Gasteiger partial charge in [-0.25, -0.2) is 4.98 Å². The second-order valence-corrected chi connectivity index (χ2v) is 7.96. The van der Waals surface area contributed by atoms with Crippen LogP contribution in [0.25, 0.3) is 22.6 Å². The van der Waals surface area contributed by atoms with Crippen molar-refractivity contribution in [2.75, 3.05) is 13.1 Å². The van der Waals surface area contributed by atoms with Crippen LogP contribution in [0.2, 0.25) is 5.02 Å². The van der Waals surface area contributed by atoms with Crippen LogP contribution in [0.15, 0.2) is 71.8 Å². The van der Waals surface area contributed by atoms with E-state index in [2.05, 4.69) is 20.9 Å². The average Bonchev–Trinajstić information content (AvgIpc) is 3.56. The molecule has 0 aliphatic carbocycles. The minimum atomic E-state index is -0.0837. The topological polar surface area (TPSA) is 112 Å². The van der Waals surface area contributed by atoms with E-state index in [9.17, 15) is 4.91 Å². The van der Waals surface area contributed by atoms with Crippen molar-refractivity contribution < 1.29 is 9.39 Å². The summed E-state index contributed by atoms with van der Waals surface area (Å²) in [5, 5.41) is 16.8. The molecular formula is C24H23ClN7O2+. The number of hydrazine groups is 1. The number of nitriles is 1. The summed E-state index contributed by atoms with van der Waals surface area (Å²) >= 11 is 6.51. The fourth-order valence-electron chi connectivity index (χ4n) is 3.41. The Hall–Kier alpha value is -4.00. The van der Waals surface area contributed by atoms with Gasteiger partial charge in [0.2, 0.25) is 0 Å². The maximum atomic E-state index is 12.0. The number of aromatic nitrogens is 3. The van der Waals surface area contributed by atoms with Crippen LogP contribution in [0.1, 0.15) is 12.0 Å². The van der Waals surface area contributed by atoms with Gasteiger partial charge in [0.1, 0.15) is 5.69 Å². The molecule has 0 atom stereocenters. The van der Waals surface area contributed by atoms with E-state index in [4.69, 9.17) is 21.4 Å². The van der Waals surface area contributed by atoms with E-state index in [0.717, 1.165) is 36.2 Å². The zero-order valence-electron chi connectivity index (χ0n) is 18.3. The van der Waals surface area contributed by atoms with Crippen molar-refractivity contribution in [3.63, 3.8) is 0 Å². The number of nitroso groups, excluding NO2 is 1. The predicted octanol–water partition coefficient (Wildman–Crippen LogP) is 4.48. The number of nitrogens with one attached hydrogen (secondary N) is 2. The maximum Gasteiger partial charge on any atom is 0.292 e. The first-order valence-electron chi connectivity index (χ1n) is 10.7. The van der Waals surface area contributed by atoms with E-state index >= 15 is 0 Å². The molecule has 0 fully saturated rings. The van der Waals surface area contributed by atoms with Crippen molar-refractivity contribution in [2.24, 2.45) is 0 Å². The quantitative estimate of drug-likeness (QED) is 0.142. The highest BCUT2D eigenvalue weighted by Gasteiger charge is 2.16. The smallest absolute Gasteiger partial charge is 0.292 e. The second-order valence-electron chi connectivity index (χ2n) is 7.55. The summed E-state index contributed by atoms with van der Waals surface area (Å²) < 4.78 is 7.58. The Morgan fingerprint density at radius 1 is 1.18 bits per heavy atom. The highest BCUT2D eigenvalue weighted by atomic mass is 35.5. The van der Waals surface area contributed by atoms with E-state index in [0.29, 0.717) is 33.6 Å². The molecule has 0 radical (unpaired) electrons. The van der Waals surface area contributed by atoms with Crippen molar-refractivity contribution in [2.45, 2.75) is 19.5 Å². The maximum absolute atomic E-state index is 12.0. The van der Waals surface area contributed by atoms with E-state index in [-0.39, 0.29) is 6.54 Å². The summed E-state index contributed by atoms with van der Waals surface area (Å²) in [5.41, 5.74) is 5.93. The third-order valence-electron chi connectivity index (χ3n) is 5.17. The fourth-order valence-corrected chi connectivity index (χ4v) is 3.66. The standard InChI is InChI=1S/C24H23ClN7O2/c25-22-14-19(5-6-20(22)16-27-8-2-11-31-12-10-28-17-31)24-15-23(30-34-24)18-3-1-4-21(13-18)32(33)29-9-7-26/h1,3-6,10,12-15,17,27H,2,8-9,11,16H2,(H,29,33)/q+1. The molecule has 2 N–H and O–H groups in total. The lowest BCUT2D eigenvalue weighted by Crippen LogP contribution is -2.22. The number of benzene rings is 2. The SMILES string of the molecule is N#CCN[N+](=O)c1cccc(-c2cc(-c3ccc(CNCCCn4ccnc4)c(Cl)c3)on2)c1. The summed E-state index contributed by atoms with van der Waals surface area (Å²) in [4.78, 5) is 16.6. The van der Waals surface area contributed by atoms with Crippen molar-refractivity contribution >= 4 is 17.3 Å². The number of imidazole rings is 1. The van der Waals surface area contributed by atoms with Crippen molar-refractivity contribution in [1.29, 1.82) is 5.26 Å². The third-order valence-corrected chi connectivity index (χ3v) is 5.52. The Bertz CT molecular complexity index is 1290. The van der Waals surface area contributed by atoms with Gasteiger partial charge in [0.05, 0.1) is 17.3 Å². The van der Waals surface area contributed by atoms with E-state index in [1.54, 1.807) is 30.5 Å². The van der Waals surface area contributed by atoms with Crippen LogP contribution in [-0.2, 0) is 13.1 Å². The zero-order chi connectivity index (χ0) is 23.8. The number of rotatable bonds is 11. The fraction of sp³-hybridized carbons (Fsp3) is 0.208. The van der Waals surface area contributed by atoms with Gasteiger partial charge in [0, 0.05) is 59.8 Å². The number of halogens is 1. The molecule has 2 heterocycles. The first kappa shape index (κ1) is 23.2. The number of nitrogens with zero attached hydrogens (tertiary/aromatic N) is 5. The summed E-state index contributed by atoms with van der Waals surface area (Å²) in [5.74, 6) is 0.573. The van der Waals surface area contributed by atoms with E-state index in [1.165, 1.54) is 0 Å². The minimum Gasteiger partial charge on any atom is -0.356 e. The summed E-state index contributed by atoms with van der Waals surface area (Å²) in [6.07, 6.45) is 6.54. The van der Waals surface area contributed by atoms with Gasteiger partial charge in [-0.2, -0.15) is 5.26 Å². The van der Waals surface area contributed by atoms with Crippen LogP contribution in [0.5, 0.6) is 0 Å². The number of hydrogen-bond donors (Lipinski definition) is 2. The lowest BCUT2D eigenvalue weighted by molar-refractivity contribution is -0.526. The van der Waals surface area contributed by atoms with Crippen LogP contribution >= 0.6 is 11.6 Å². The van der Waals surface area contributed by atoms with Gasteiger partial charge >= 0.3 is 0 Å². The normalized spacial score (nSPS) is 10.7. The Morgan fingerprint density at radius 3 is 2.88 bits per heavy atom. The Balaban J connectivity index is 1.37. The molecule has 2 aromatic heterocycles. The lowest BCUT2D eigenvalue weighted by Gasteiger charge is -2.08. The molecule has 0 aliphatic rings. The molecule has 34 heavy (non-hydrogen) atoms. The summed E-state index contributed by atoms with van der Waals surface area (Å²) in [7, 11) is 0. The first-order valence-corrected chi connectivity index (χ1v) is 11.1. The van der Waals surface area contributed by atoms with Crippen LogP contribution in [0, 0.1) is 16.2 Å². The first-order chi connectivity index (χ1) is 16.6. The molecule has 0 amide bonds. The minimum absolute atomic E-state index is 0.0837. The number of aryl methyl sites for hydroxylation is 1. The van der Waals surface area contributed by atoms with Gasteiger partial charge in [0.25, 0.3) is 5.69 Å². The molecule has 0 bridgehead atoms. The summed E-state index contributed by atoms with van der Waals surface area (Å²) in [6.45, 7) is 2.37. The molecule has 0 aliphatic heterocycles. The summed E-state index contributed by atoms with van der Waals surface area (Å²) in [6, 6.07) is 16.3. The molecule has 172 valence electrons. The molecule has 10 heteroatoms. The van der Waals surface area contributed by atoms with E-state index in [1.807, 2.05) is 47.4 Å². The Morgan fingerprint density at radius 2 is 2.09 bits per heavy atom. The van der Waals surface area contributed by atoms with Crippen LogP contribution < -0.4 is 10.7 Å². The Kier molecular flexibility index (Phi) is 7.65. The third kappa shape index (κ3) is 5.86. The van der Waals surface area contributed by atoms with E-state index < -0.39 is 0 Å². The average molecular weight is 477 g/mol. The van der Waals surface area contributed by atoms with Crippen LogP contribution in [0.4, 0.5) is 5.69 Å². The Labute approximate surface area is 201 Å². The van der Waals surface area contributed by atoms with Gasteiger partial charge < -0.3 is 14.4 Å². The molecule has 0 unspecified atom stereocenters. The van der Waals surface area contributed by atoms with Gasteiger partial charge in [-0.1, -0.05) is 41.0 Å².